The van der Waals surface area contributed by atoms with Crippen LogP contribution in [-0.2, 0) is 19.1 Å². The summed E-state index contributed by atoms with van der Waals surface area (Å²) in [5, 5.41) is 19.4. The standard InChI is InChI=1S/C30H40N4O4/c1-7-37-27(35)25(19-31)21-13-23(17-29(3,4)15-21)33-9-11-34(12-10-33)24-14-22(16-30(5,6)18-24)26(20-32)28(36)38-8-2/h13-14H,7-12,15-18H2,1-6H3/b25-21+,26-22+. The van der Waals surface area contributed by atoms with Crippen molar-refractivity contribution >= 4 is 11.9 Å². The summed E-state index contributed by atoms with van der Waals surface area (Å²) >= 11 is 0. The minimum atomic E-state index is -0.557. The van der Waals surface area contributed by atoms with E-state index in [0.717, 1.165) is 61.6 Å². The lowest BCUT2D eigenvalue weighted by atomic mass is 9.75. The maximum Gasteiger partial charge on any atom is 0.349 e. The van der Waals surface area contributed by atoms with Crippen molar-refractivity contribution in [1.82, 2.24) is 9.80 Å². The predicted octanol–water partition coefficient (Wildman–Crippen LogP) is 4.78. The molecular weight excluding hydrogens is 480 g/mol. The van der Waals surface area contributed by atoms with Crippen molar-refractivity contribution in [1.29, 1.82) is 10.5 Å². The number of allylic oxidation sites excluding steroid dienone is 6. The first kappa shape index (κ1) is 29.0. The van der Waals surface area contributed by atoms with Crippen LogP contribution < -0.4 is 0 Å². The van der Waals surface area contributed by atoms with E-state index in [4.69, 9.17) is 9.47 Å². The van der Waals surface area contributed by atoms with Gasteiger partial charge >= 0.3 is 11.9 Å². The summed E-state index contributed by atoms with van der Waals surface area (Å²) in [5.74, 6) is -1.11. The van der Waals surface area contributed by atoms with Crippen LogP contribution in [0, 0.1) is 33.5 Å². The number of piperazine rings is 1. The van der Waals surface area contributed by atoms with Gasteiger partial charge in [0.15, 0.2) is 0 Å². The van der Waals surface area contributed by atoms with E-state index in [-0.39, 0.29) is 35.2 Å². The van der Waals surface area contributed by atoms with Crippen LogP contribution in [0.4, 0.5) is 0 Å². The molecule has 0 aromatic rings. The summed E-state index contributed by atoms with van der Waals surface area (Å²) in [5.41, 5.74) is 3.80. The van der Waals surface area contributed by atoms with Crippen molar-refractivity contribution in [2.24, 2.45) is 10.8 Å². The number of ether oxygens (including phenoxy) is 2. The predicted molar refractivity (Wildman–Crippen MR) is 144 cm³/mol. The third-order valence-electron chi connectivity index (χ3n) is 7.26. The monoisotopic (exact) mass is 520 g/mol. The van der Waals surface area contributed by atoms with Gasteiger partial charge in [0, 0.05) is 37.6 Å². The zero-order valence-corrected chi connectivity index (χ0v) is 23.6. The Morgan fingerprint density at radius 3 is 1.37 bits per heavy atom. The number of rotatable bonds is 6. The Morgan fingerprint density at radius 1 is 0.737 bits per heavy atom. The molecule has 0 amide bonds. The van der Waals surface area contributed by atoms with Gasteiger partial charge in [-0.3, -0.25) is 0 Å². The van der Waals surface area contributed by atoms with E-state index in [1.165, 1.54) is 0 Å². The summed E-state index contributed by atoms with van der Waals surface area (Å²) in [7, 11) is 0. The molecule has 0 aromatic heterocycles. The van der Waals surface area contributed by atoms with Gasteiger partial charge in [0.1, 0.15) is 23.3 Å². The summed E-state index contributed by atoms with van der Waals surface area (Å²) < 4.78 is 10.3. The fourth-order valence-corrected chi connectivity index (χ4v) is 5.65. The molecule has 1 fully saturated rings. The van der Waals surface area contributed by atoms with E-state index >= 15 is 0 Å². The second-order valence-corrected chi connectivity index (χ2v) is 11.7. The number of hydrogen-bond donors (Lipinski definition) is 0. The van der Waals surface area contributed by atoms with Gasteiger partial charge in [0.2, 0.25) is 0 Å². The first-order valence-corrected chi connectivity index (χ1v) is 13.5. The van der Waals surface area contributed by atoms with Crippen molar-refractivity contribution in [3.63, 3.8) is 0 Å². The maximum absolute atomic E-state index is 12.4. The van der Waals surface area contributed by atoms with Crippen molar-refractivity contribution in [3.8, 4) is 12.1 Å². The highest BCUT2D eigenvalue weighted by Crippen LogP contribution is 2.42. The Hall–Kier alpha value is -3.52. The van der Waals surface area contributed by atoms with E-state index < -0.39 is 11.9 Å². The molecule has 2 aliphatic carbocycles. The largest absolute Gasteiger partial charge is 0.462 e. The molecule has 0 bridgehead atoms. The molecular formula is C30H40N4O4. The molecule has 8 heteroatoms. The zero-order valence-electron chi connectivity index (χ0n) is 23.6. The molecule has 0 atom stereocenters. The topological polar surface area (TPSA) is 107 Å². The number of hydrogen-bond acceptors (Lipinski definition) is 8. The number of carbonyl (C=O) groups is 2. The molecule has 1 aliphatic heterocycles. The molecule has 0 N–H and O–H groups in total. The minimum absolute atomic E-state index is 0.0818. The van der Waals surface area contributed by atoms with Crippen molar-refractivity contribution in [2.45, 2.75) is 67.2 Å². The van der Waals surface area contributed by atoms with Crippen LogP contribution >= 0.6 is 0 Å². The van der Waals surface area contributed by atoms with Crippen LogP contribution in [0.1, 0.15) is 67.2 Å². The van der Waals surface area contributed by atoms with Gasteiger partial charge in [-0.25, -0.2) is 9.59 Å². The second kappa shape index (κ2) is 11.9. The molecule has 0 saturated carbocycles. The lowest BCUT2D eigenvalue weighted by molar-refractivity contribution is -0.139. The molecule has 8 nitrogen and oxygen atoms in total. The van der Waals surface area contributed by atoms with E-state index in [1.54, 1.807) is 13.8 Å². The first-order chi connectivity index (χ1) is 17.9. The smallest absolute Gasteiger partial charge is 0.349 e. The molecule has 3 aliphatic rings. The summed E-state index contributed by atoms with van der Waals surface area (Å²) in [6.07, 6.45) is 7.06. The normalized spacial score (nSPS) is 23.3. The SMILES string of the molecule is CCOC(=O)/C(C#N)=C1\C=C(N2CCN(C3=C/C(=C(/C#N)C(=O)OCC)CC(C)(C)C3)CC2)CC(C)(C)C1. The molecule has 0 radical (unpaired) electrons. The Balaban J connectivity index is 1.84. The van der Waals surface area contributed by atoms with E-state index in [0.29, 0.717) is 12.8 Å². The average Bonchev–Trinajstić information content (AvgIpc) is 2.83. The Morgan fingerprint density at radius 2 is 1.08 bits per heavy atom. The van der Waals surface area contributed by atoms with Crippen LogP contribution in [0.25, 0.3) is 0 Å². The number of carbonyl (C=O) groups excluding carboxylic acids is 2. The van der Waals surface area contributed by atoms with Crippen molar-refractivity contribution in [2.75, 3.05) is 39.4 Å². The average molecular weight is 521 g/mol. The molecule has 204 valence electrons. The molecule has 1 heterocycles. The fraction of sp³-hybridized carbons (Fsp3) is 0.600. The van der Waals surface area contributed by atoms with E-state index in [2.05, 4.69) is 49.6 Å². The van der Waals surface area contributed by atoms with Gasteiger partial charge in [-0.05, 0) is 73.7 Å². The Kier molecular flexibility index (Phi) is 9.09. The van der Waals surface area contributed by atoms with Gasteiger partial charge in [-0.15, -0.1) is 0 Å². The van der Waals surface area contributed by atoms with Gasteiger partial charge in [0.05, 0.1) is 13.2 Å². The molecule has 38 heavy (non-hydrogen) atoms. The zero-order chi connectivity index (χ0) is 28.1. The molecule has 3 rings (SSSR count). The summed E-state index contributed by atoms with van der Waals surface area (Å²) in [4.78, 5) is 29.5. The van der Waals surface area contributed by atoms with Crippen molar-refractivity contribution in [3.05, 3.63) is 45.8 Å². The Bertz CT molecular complexity index is 1070. The lowest BCUT2D eigenvalue weighted by Gasteiger charge is -2.45. The van der Waals surface area contributed by atoms with E-state index in [9.17, 15) is 20.1 Å². The fourth-order valence-electron chi connectivity index (χ4n) is 5.65. The van der Waals surface area contributed by atoms with Crippen LogP contribution in [0.15, 0.2) is 45.8 Å². The highest BCUT2D eigenvalue weighted by atomic mass is 16.5. The second-order valence-electron chi connectivity index (χ2n) is 11.7. The molecule has 1 saturated heterocycles. The van der Waals surface area contributed by atoms with Crippen LogP contribution in [-0.4, -0.2) is 61.1 Å². The molecule has 0 unspecified atom stereocenters. The quantitative estimate of drug-likeness (QED) is 0.280. The highest BCUT2D eigenvalue weighted by molar-refractivity contribution is 5.95. The van der Waals surface area contributed by atoms with Gasteiger partial charge < -0.3 is 19.3 Å². The number of esters is 2. The van der Waals surface area contributed by atoms with Crippen LogP contribution in [0.2, 0.25) is 0 Å². The molecule has 0 aromatic carbocycles. The third-order valence-corrected chi connectivity index (χ3v) is 7.26. The summed E-state index contributed by atoms with van der Waals surface area (Å²) in [6.45, 7) is 15.8. The van der Waals surface area contributed by atoms with Crippen LogP contribution in [0.5, 0.6) is 0 Å². The summed E-state index contributed by atoms with van der Waals surface area (Å²) in [6, 6.07) is 4.15. The van der Waals surface area contributed by atoms with Gasteiger partial charge in [0.25, 0.3) is 0 Å². The Labute approximate surface area is 226 Å². The van der Waals surface area contributed by atoms with Crippen LogP contribution in [0.3, 0.4) is 0 Å². The third kappa shape index (κ3) is 6.86. The lowest BCUT2D eigenvalue weighted by Crippen LogP contribution is -2.47. The minimum Gasteiger partial charge on any atom is -0.462 e. The number of nitriles is 2. The first-order valence-electron chi connectivity index (χ1n) is 13.5. The number of nitrogens with zero attached hydrogens (tertiary/aromatic N) is 4. The van der Waals surface area contributed by atoms with E-state index in [1.807, 2.05) is 12.2 Å². The van der Waals surface area contributed by atoms with Crippen molar-refractivity contribution < 1.29 is 19.1 Å². The maximum atomic E-state index is 12.4. The molecule has 0 spiro atoms. The van der Waals surface area contributed by atoms with Gasteiger partial charge in [-0.2, -0.15) is 10.5 Å². The van der Waals surface area contributed by atoms with Gasteiger partial charge in [-0.1, -0.05) is 27.7 Å². The highest BCUT2D eigenvalue weighted by Gasteiger charge is 2.35.